The Morgan fingerprint density at radius 3 is 2.59 bits per heavy atom. The summed E-state index contributed by atoms with van der Waals surface area (Å²) in [6, 6.07) is 9.72. The van der Waals surface area contributed by atoms with Crippen molar-refractivity contribution in [1.82, 2.24) is 9.97 Å². The topological polar surface area (TPSA) is 51.8 Å². The standard InChI is InChI=1S/C13H14BrN3/c1-8(2)11-7-12(15)17-13(16-11)9-4-3-5-10(14)6-9/h3-8H,1-2H3,(H2,15,16,17). The third kappa shape index (κ3) is 2.82. The fourth-order valence-electron chi connectivity index (χ4n) is 1.54. The molecule has 0 atom stereocenters. The smallest absolute Gasteiger partial charge is 0.161 e. The molecule has 0 bridgehead atoms. The molecule has 2 N–H and O–H groups in total. The molecule has 0 saturated carbocycles. The quantitative estimate of drug-likeness (QED) is 0.920. The normalized spacial score (nSPS) is 10.8. The van der Waals surface area contributed by atoms with Gasteiger partial charge >= 0.3 is 0 Å². The van der Waals surface area contributed by atoms with E-state index in [1.54, 1.807) is 0 Å². The largest absolute Gasteiger partial charge is 0.384 e. The molecule has 0 fully saturated rings. The van der Waals surface area contributed by atoms with Crippen LogP contribution in [0, 0.1) is 0 Å². The van der Waals surface area contributed by atoms with E-state index in [1.807, 2.05) is 30.3 Å². The first-order chi connectivity index (χ1) is 8.06. The molecule has 0 radical (unpaired) electrons. The summed E-state index contributed by atoms with van der Waals surface area (Å²) < 4.78 is 1.01. The summed E-state index contributed by atoms with van der Waals surface area (Å²) in [6.07, 6.45) is 0. The monoisotopic (exact) mass is 291 g/mol. The highest BCUT2D eigenvalue weighted by atomic mass is 79.9. The van der Waals surface area contributed by atoms with Gasteiger partial charge < -0.3 is 5.73 Å². The lowest BCUT2D eigenvalue weighted by atomic mass is 10.1. The van der Waals surface area contributed by atoms with E-state index < -0.39 is 0 Å². The summed E-state index contributed by atoms with van der Waals surface area (Å²) in [4.78, 5) is 8.81. The van der Waals surface area contributed by atoms with Crippen LogP contribution in [0.3, 0.4) is 0 Å². The Labute approximate surface area is 109 Å². The van der Waals surface area contributed by atoms with Gasteiger partial charge in [-0.15, -0.1) is 0 Å². The van der Waals surface area contributed by atoms with Crippen molar-refractivity contribution in [3.63, 3.8) is 0 Å². The predicted octanol–water partition coefficient (Wildman–Crippen LogP) is 3.61. The van der Waals surface area contributed by atoms with Gasteiger partial charge in [0.15, 0.2) is 5.82 Å². The summed E-state index contributed by atoms with van der Waals surface area (Å²) in [5.74, 6) is 1.53. The van der Waals surface area contributed by atoms with E-state index in [9.17, 15) is 0 Å². The van der Waals surface area contributed by atoms with Crippen LogP contribution in [0.5, 0.6) is 0 Å². The second-order valence-corrected chi connectivity index (χ2v) is 5.12. The van der Waals surface area contributed by atoms with Gasteiger partial charge in [0, 0.05) is 21.8 Å². The van der Waals surface area contributed by atoms with Crippen LogP contribution in [0.1, 0.15) is 25.5 Å². The maximum Gasteiger partial charge on any atom is 0.161 e. The Kier molecular flexibility index (Phi) is 3.43. The maximum absolute atomic E-state index is 5.81. The van der Waals surface area contributed by atoms with Crippen molar-refractivity contribution >= 4 is 21.7 Å². The van der Waals surface area contributed by atoms with Crippen LogP contribution in [-0.4, -0.2) is 9.97 Å². The van der Waals surface area contributed by atoms with E-state index in [4.69, 9.17) is 5.73 Å². The number of anilines is 1. The molecule has 17 heavy (non-hydrogen) atoms. The minimum Gasteiger partial charge on any atom is -0.384 e. The second-order valence-electron chi connectivity index (χ2n) is 4.21. The summed E-state index contributed by atoms with van der Waals surface area (Å²) >= 11 is 3.44. The third-order valence-corrected chi connectivity index (χ3v) is 2.93. The lowest BCUT2D eigenvalue weighted by Gasteiger charge is -2.08. The van der Waals surface area contributed by atoms with E-state index in [2.05, 4.69) is 39.7 Å². The number of hydrogen-bond donors (Lipinski definition) is 1. The van der Waals surface area contributed by atoms with Gasteiger partial charge in [0.05, 0.1) is 0 Å². The molecule has 2 rings (SSSR count). The average molecular weight is 292 g/mol. The number of nitrogens with zero attached hydrogens (tertiary/aromatic N) is 2. The van der Waals surface area contributed by atoms with Gasteiger partial charge in [-0.3, -0.25) is 0 Å². The zero-order chi connectivity index (χ0) is 12.4. The molecule has 1 aromatic heterocycles. The minimum atomic E-state index is 0.339. The van der Waals surface area contributed by atoms with Gasteiger partial charge in [-0.2, -0.15) is 0 Å². The molecule has 2 aromatic rings. The first-order valence-electron chi connectivity index (χ1n) is 5.46. The van der Waals surface area contributed by atoms with Crippen LogP contribution in [0.15, 0.2) is 34.8 Å². The van der Waals surface area contributed by atoms with E-state index in [0.29, 0.717) is 17.6 Å². The van der Waals surface area contributed by atoms with Crippen LogP contribution in [0.25, 0.3) is 11.4 Å². The van der Waals surface area contributed by atoms with E-state index in [-0.39, 0.29) is 0 Å². The molecule has 4 heteroatoms. The van der Waals surface area contributed by atoms with Crippen molar-refractivity contribution in [3.8, 4) is 11.4 Å². The number of hydrogen-bond acceptors (Lipinski definition) is 3. The van der Waals surface area contributed by atoms with Crippen molar-refractivity contribution in [2.24, 2.45) is 0 Å². The minimum absolute atomic E-state index is 0.339. The molecule has 0 aliphatic carbocycles. The molecule has 3 nitrogen and oxygen atoms in total. The van der Waals surface area contributed by atoms with Gasteiger partial charge in [0.25, 0.3) is 0 Å². The number of nitrogen functional groups attached to an aromatic ring is 1. The first kappa shape index (κ1) is 12.0. The van der Waals surface area contributed by atoms with Crippen LogP contribution in [0.2, 0.25) is 0 Å². The van der Waals surface area contributed by atoms with Crippen molar-refractivity contribution < 1.29 is 0 Å². The van der Waals surface area contributed by atoms with Gasteiger partial charge in [0.1, 0.15) is 5.82 Å². The summed E-state index contributed by atoms with van der Waals surface area (Å²) in [5.41, 5.74) is 7.74. The zero-order valence-electron chi connectivity index (χ0n) is 9.81. The highest BCUT2D eigenvalue weighted by molar-refractivity contribution is 9.10. The Bertz CT molecular complexity index is 538. The zero-order valence-corrected chi connectivity index (χ0v) is 11.4. The van der Waals surface area contributed by atoms with E-state index >= 15 is 0 Å². The van der Waals surface area contributed by atoms with E-state index in [0.717, 1.165) is 15.7 Å². The number of aromatic nitrogens is 2. The number of rotatable bonds is 2. The second kappa shape index (κ2) is 4.84. The Morgan fingerprint density at radius 1 is 1.18 bits per heavy atom. The van der Waals surface area contributed by atoms with Crippen LogP contribution >= 0.6 is 15.9 Å². The molecule has 0 saturated heterocycles. The van der Waals surface area contributed by atoms with Crippen LogP contribution in [-0.2, 0) is 0 Å². The van der Waals surface area contributed by atoms with Gasteiger partial charge in [-0.25, -0.2) is 9.97 Å². The molecular weight excluding hydrogens is 278 g/mol. The van der Waals surface area contributed by atoms with Crippen molar-refractivity contribution in [2.45, 2.75) is 19.8 Å². The summed E-state index contributed by atoms with van der Waals surface area (Å²) in [6.45, 7) is 4.18. The van der Waals surface area contributed by atoms with Gasteiger partial charge in [-0.1, -0.05) is 41.9 Å². The third-order valence-electron chi connectivity index (χ3n) is 2.44. The van der Waals surface area contributed by atoms with Crippen molar-refractivity contribution in [2.75, 3.05) is 5.73 Å². The average Bonchev–Trinajstić information content (AvgIpc) is 2.28. The van der Waals surface area contributed by atoms with Crippen LogP contribution < -0.4 is 5.73 Å². The summed E-state index contributed by atoms with van der Waals surface area (Å²) in [7, 11) is 0. The Balaban J connectivity index is 2.52. The van der Waals surface area contributed by atoms with Crippen LogP contribution in [0.4, 0.5) is 5.82 Å². The number of benzene rings is 1. The molecule has 1 aromatic carbocycles. The molecular formula is C13H14BrN3. The molecule has 0 aliphatic heterocycles. The lowest BCUT2D eigenvalue weighted by Crippen LogP contribution is -2.01. The fourth-order valence-corrected chi connectivity index (χ4v) is 1.94. The highest BCUT2D eigenvalue weighted by Crippen LogP contribution is 2.23. The maximum atomic E-state index is 5.81. The molecule has 0 aliphatic rings. The SMILES string of the molecule is CC(C)c1cc(N)nc(-c2cccc(Br)c2)n1. The number of nitrogens with two attached hydrogens (primary N) is 1. The predicted molar refractivity (Wildman–Crippen MR) is 73.7 cm³/mol. The fraction of sp³-hybridized carbons (Fsp3) is 0.231. The van der Waals surface area contributed by atoms with Gasteiger partial charge in [0.2, 0.25) is 0 Å². The van der Waals surface area contributed by atoms with Crippen molar-refractivity contribution in [1.29, 1.82) is 0 Å². The van der Waals surface area contributed by atoms with E-state index in [1.165, 1.54) is 0 Å². The van der Waals surface area contributed by atoms with Gasteiger partial charge in [-0.05, 0) is 18.1 Å². The highest BCUT2D eigenvalue weighted by Gasteiger charge is 2.08. The molecule has 0 amide bonds. The molecule has 0 unspecified atom stereocenters. The molecule has 1 heterocycles. The van der Waals surface area contributed by atoms with Crippen molar-refractivity contribution in [3.05, 3.63) is 40.5 Å². The first-order valence-corrected chi connectivity index (χ1v) is 6.26. The molecule has 0 spiro atoms. The molecule has 88 valence electrons. The number of halogens is 1. The lowest BCUT2D eigenvalue weighted by molar-refractivity contribution is 0.818. The summed E-state index contributed by atoms with van der Waals surface area (Å²) in [5, 5.41) is 0. The Morgan fingerprint density at radius 2 is 1.94 bits per heavy atom. The Hall–Kier alpha value is -1.42.